The number of pyridine rings is 1. The molecule has 1 amide bonds. The van der Waals surface area contributed by atoms with E-state index in [-0.39, 0.29) is 23.6 Å². The zero-order valence-corrected chi connectivity index (χ0v) is 16.9. The number of ether oxygens (including phenoxy) is 3. The van der Waals surface area contributed by atoms with E-state index < -0.39 is 34.7 Å². The Morgan fingerprint density at radius 3 is 2.37 bits per heavy atom. The lowest BCUT2D eigenvalue weighted by atomic mass is 10.1. The highest BCUT2D eigenvalue weighted by Gasteiger charge is 2.34. The van der Waals surface area contributed by atoms with Gasteiger partial charge in [-0.25, -0.2) is 4.79 Å². The first-order valence-electron chi connectivity index (χ1n) is 8.54. The molecule has 30 heavy (non-hydrogen) atoms. The van der Waals surface area contributed by atoms with Crippen molar-refractivity contribution in [3.63, 3.8) is 0 Å². The SMILES string of the molecule is CCOC(=O)C(NC(=O)c1ccc(OC)c(OC)c1)c1ncc(C(F)(F)F)cc1Cl. The number of benzene rings is 1. The number of carbonyl (C=O) groups excluding carboxylic acids is 2. The minimum atomic E-state index is -4.67. The van der Waals surface area contributed by atoms with E-state index in [0.29, 0.717) is 18.0 Å². The number of aromatic nitrogens is 1. The predicted molar refractivity (Wildman–Crippen MR) is 101 cm³/mol. The third-order valence-electron chi connectivity index (χ3n) is 3.91. The summed E-state index contributed by atoms with van der Waals surface area (Å²) in [5.74, 6) is -1.01. The molecule has 0 aliphatic heterocycles. The van der Waals surface area contributed by atoms with Crippen molar-refractivity contribution in [2.75, 3.05) is 20.8 Å². The molecule has 1 aromatic heterocycles. The van der Waals surface area contributed by atoms with Crippen LogP contribution in [0.5, 0.6) is 11.5 Å². The van der Waals surface area contributed by atoms with Gasteiger partial charge >= 0.3 is 12.1 Å². The Hall–Kier alpha value is -3.01. The van der Waals surface area contributed by atoms with Gasteiger partial charge in [0.15, 0.2) is 17.5 Å². The molecule has 7 nitrogen and oxygen atoms in total. The molecule has 1 aromatic carbocycles. The maximum atomic E-state index is 12.9. The topological polar surface area (TPSA) is 86.8 Å². The molecule has 0 saturated carbocycles. The molecule has 0 aliphatic carbocycles. The third-order valence-corrected chi connectivity index (χ3v) is 4.22. The minimum Gasteiger partial charge on any atom is -0.493 e. The molecule has 1 atom stereocenters. The molecule has 0 bridgehead atoms. The van der Waals surface area contributed by atoms with Crippen LogP contribution in [0.15, 0.2) is 30.5 Å². The number of halogens is 4. The van der Waals surface area contributed by atoms with Crippen LogP contribution in [0.3, 0.4) is 0 Å². The third kappa shape index (κ3) is 5.32. The zero-order chi connectivity index (χ0) is 22.5. The van der Waals surface area contributed by atoms with E-state index in [1.165, 1.54) is 39.3 Å². The molecule has 1 N–H and O–H groups in total. The number of nitrogens with zero attached hydrogens (tertiary/aromatic N) is 1. The van der Waals surface area contributed by atoms with Crippen molar-refractivity contribution >= 4 is 23.5 Å². The average molecular weight is 447 g/mol. The Morgan fingerprint density at radius 2 is 1.83 bits per heavy atom. The molecule has 2 aromatic rings. The van der Waals surface area contributed by atoms with E-state index in [9.17, 15) is 22.8 Å². The van der Waals surface area contributed by atoms with Gasteiger partial charge in [0.05, 0.1) is 37.1 Å². The quantitative estimate of drug-likeness (QED) is 0.651. The summed E-state index contributed by atoms with van der Waals surface area (Å²) in [6.45, 7) is 1.51. The molecule has 0 aliphatic rings. The van der Waals surface area contributed by atoms with Gasteiger partial charge in [-0.2, -0.15) is 13.2 Å². The molecule has 11 heteroatoms. The number of hydrogen-bond acceptors (Lipinski definition) is 6. The minimum absolute atomic E-state index is 0.0280. The van der Waals surface area contributed by atoms with Crippen molar-refractivity contribution in [1.29, 1.82) is 0 Å². The van der Waals surface area contributed by atoms with Gasteiger partial charge in [0, 0.05) is 11.8 Å². The molecule has 0 spiro atoms. The van der Waals surface area contributed by atoms with E-state index in [2.05, 4.69) is 10.3 Å². The second-order valence-electron chi connectivity index (χ2n) is 5.82. The van der Waals surface area contributed by atoms with E-state index in [4.69, 9.17) is 25.8 Å². The number of rotatable bonds is 7. The van der Waals surface area contributed by atoms with Crippen molar-refractivity contribution in [2.24, 2.45) is 0 Å². The number of esters is 1. The lowest BCUT2D eigenvalue weighted by Crippen LogP contribution is -2.36. The monoisotopic (exact) mass is 446 g/mol. The Morgan fingerprint density at radius 1 is 1.17 bits per heavy atom. The normalized spacial score (nSPS) is 12.1. The van der Waals surface area contributed by atoms with Crippen LogP contribution in [0.1, 0.15) is 34.6 Å². The van der Waals surface area contributed by atoms with Crippen LogP contribution in [0.2, 0.25) is 5.02 Å². The van der Waals surface area contributed by atoms with Crippen molar-refractivity contribution in [3.05, 3.63) is 52.3 Å². The fourth-order valence-corrected chi connectivity index (χ4v) is 2.75. The number of amides is 1. The first-order valence-corrected chi connectivity index (χ1v) is 8.92. The zero-order valence-electron chi connectivity index (χ0n) is 16.2. The molecule has 2 rings (SSSR count). The number of methoxy groups -OCH3 is 2. The van der Waals surface area contributed by atoms with Gasteiger partial charge in [0.2, 0.25) is 0 Å². The summed E-state index contributed by atoms with van der Waals surface area (Å²) >= 11 is 5.93. The highest BCUT2D eigenvalue weighted by molar-refractivity contribution is 6.31. The number of hydrogen-bond donors (Lipinski definition) is 1. The lowest BCUT2D eigenvalue weighted by molar-refractivity contribution is -0.145. The fourth-order valence-electron chi connectivity index (χ4n) is 2.47. The van der Waals surface area contributed by atoms with Crippen molar-refractivity contribution < 1.29 is 37.0 Å². The van der Waals surface area contributed by atoms with Crippen molar-refractivity contribution in [2.45, 2.75) is 19.1 Å². The molecule has 162 valence electrons. The Kier molecular flexibility index (Phi) is 7.49. The van der Waals surface area contributed by atoms with Crippen molar-refractivity contribution in [3.8, 4) is 11.5 Å². The van der Waals surface area contributed by atoms with Crippen LogP contribution in [0.25, 0.3) is 0 Å². The van der Waals surface area contributed by atoms with Gasteiger partial charge in [0.25, 0.3) is 5.91 Å². The van der Waals surface area contributed by atoms with Gasteiger partial charge in [-0.15, -0.1) is 0 Å². The summed E-state index contributed by atoms with van der Waals surface area (Å²) in [5.41, 5.74) is -1.27. The predicted octanol–water partition coefficient (Wildman–Crippen LogP) is 3.81. The summed E-state index contributed by atoms with van der Waals surface area (Å²) in [7, 11) is 2.81. The Labute approximate surface area is 175 Å². The van der Waals surface area contributed by atoms with E-state index in [1.807, 2.05) is 0 Å². The van der Waals surface area contributed by atoms with Crippen LogP contribution in [-0.4, -0.2) is 37.7 Å². The smallest absolute Gasteiger partial charge is 0.417 e. The maximum absolute atomic E-state index is 12.9. The molecule has 1 unspecified atom stereocenters. The van der Waals surface area contributed by atoms with Gasteiger partial charge in [0.1, 0.15) is 0 Å². The largest absolute Gasteiger partial charge is 0.493 e. The standard InChI is InChI=1S/C19H18ClF3N2O5/c1-4-30-18(27)16(15-12(20)8-11(9-24-15)19(21,22)23)25-17(26)10-5-6-13(28-2)14(7-10)29-3/h5-9,16H,4H2,1-3H3,(H,25,26). The maximum Gasteiger partial charge on any atom is 0.417 e. The second-order valence-corrected chi connectivity index (χ2v) is 6.22. The van der Waals surface area contributed by atoms with Gasteiger partial charge in [-0.05, 0) is 31.2 Å². The van der Waals surface area contributed by atoms with Gasteiger partial charge < -0.3 is 19.5 Å². The Bertz CT molecular complexity index is 937. The molecule has 1 heterocycles. The van der Waals surface area contributed by atoms with Crippen LogP contribution < -0.4 is 14.8 Å². The molecular formula is C19H18ClF3N2O5. The van der Waals surface area contributed by atoms with Crippen LogP contribution in [-0.2, 0) is 15.7 Å². The summed E-state index contributed by atoms with van der Waals surface area (Å²) in [6, 6.07) is 3.37. The van der Waals surface area contributed by atoms with Crippen LogP contribution in [0.4, 0.5) is 13.2 Å². The summed E-state index contributed by atoms with van der Waals surface area (Å²) in [4.78, 5) is 28.7. The van der Waals surface area contributed by atoms with Crippen LogP contribution >= 0.6 is 11.6 Å². The number of nitrogens with one attached hydrogen (secondary N) is 1. The molecule has 0 radical (unpaired) electrons. The fraction of sp³-hybridized carbons (Fsp3) is 0.316. The highest BCUT2D eigenvalue weighted by atomic mass is 35.5. The lowest BCUT2D eigenvalue weighted by Gasteiger charge is -2.19. The van der Waals surface area contributed by atoms with Gasteiger partial charge in [-0.3, -0.25) is 9.78 Å². The number of alkyl halides is 3. The molecule has 0 saturated heterocycles. The van der Waals surface area contributed by atoms with E-state index in [0.717, 1.165) is 0 Å². The number of carbonyl (C=O) groups is 2. The second kappa shape index (κ2) is 9.66. The summed E-state index contributed by atoms with van der Waals surface area (Å²) in [6.07, 6.45) is -4.15. The molecular weight excluding hydrogens is 429 g/mol. The average Bonchev–Trinajstić information content (AvgIpc) is 2.70. The summed E-state index contributed by atoms with van der Waals surface area (Å²) < 4.78 is 53.7. The highest BCUT2D eigenvalue weighted by Crippen LogP contribution is 2.33. The van der Waals surface area contributed by atoms with E-state index >= 15 is 0 Å². The first-order chi connectivity index (χ1) is 14.1. The molecule has 0 fully saturated rings. The van der Waals surface area contributed by atoms with Crippen LogP contribution in [0, 0.1) is 0 Å². The van der Waals surface area contributed by atoms with Crippen molar-refractivity contribution in [1.82, 2.24) is 10.3 Å². The first kappa shape index (κ1) is 23.3. The Balaban J connectivity index is 2.39. The van der Waals surface area contributed by atoms with E-state index in [1.54, 1.807) is 0 Å². The van der Waals surface area contributed by atoms with Gasteiger partial charge in [-0.1, -0.05) is 11.6 Å². The summed E-state index contributed by atoms with van der Waals surface area (Å²) in [5, 5.41) is 1.94.